The maximum absolute atomic E-state index is 12.5. The van der Waals surface area contributed by atoms with Crippen LogP contribution >= 0.6 is 10.2 Å². The van der Waals surface area contributed by atoms with Crippen LogP contribution in [0.2, 0.25) is 0 Å². The third-order valence-electron chi connectivity index (χ3n) is 3.31. The van der Waals surface area contributed by atoms with Crippen LogP contribution in [0.1, 0.15) is 23.7 Å². The first kappa shape index (κ1) is 20.5. The molecule has 2 rings (SSSR count). The van der Waals surface area contributed by atoms with E-state index in [0.29, 0.717) is 17.9 Å². The van der Waals surface area contributed by atoms with E-state index < -0.39 is 6.04 Å². The van der Waals surface area contributed by atoms with Crippen LogP contribution < -0.4 is 15.5 Å². The second-order valence-electron chi connectivity index (χ2n) is 5.46. The second-order valence-corrected chi connectivity index (χ2v) is 9.65. The summed E-state index contributed by atoms with van der Waals surface area (Å²) in [4.78, 5) is 24.3. The van der Waals surface area contributed by atoms with Gasteiger partial charge in [0.15, 0.2) is 0 Å². The number of rotatable bonds is 9. The zero-order valence-electron chi connectivity index (χ0n) is 14.5. The van der Waals surface area contributed by atoms with Crippen molar-refractivity contribution in [3.05, 3.63) is 60.2 Å². The van der Waals surface area contributed by atoms with Gasteiger partial charge in [0.05, 0.1) is 0 Å². The molecule has 0 unspecified atom stereocenters. The summed E-state index contributed by atoms with van der Waals surface area (Å²) >= 11 is -0.0344. The van der Waals surface area contributed by atoms with Crippen molar-refractivity contribution in [1.82, 2.24) is 0 Å². The molecule has 0 aliphatic heterocycles. The van der Waals surface area contributed by atoms with Gasteiger partial charge in [-0.25, -0.2) is 0 Å². The molecule has 0 saturated carbocycles. The van der Waals surface area contributed by atoms with Crippen LogP contribution in [0.3, 0.4) is 0 Å². The average molecular weight is 437 g/mol. The minimum atomic E-state index is -0.640. The Morgan fingerprint density at radius 2 is 1.85 bits per heavy atom. The van der Waals surface area contributed by atoms with E-state index in [9.17, 15) is 9.59 Å². The first-order valence-electron chi connectivity index (χ1n) is 8.29. The monoisotopic (exact) mass is 438 g/mol. The van der Waals surface area contributed by atoms with Gasteiger partial charge in [-0.15, -0.1) is 0 Å². The Morgan fingerprint density at radius 3 is 2.58 bits per heavy atom. The molecule has 0 bridgehead atoms. The molecule has 0 fully saturated rings. The summed E-state index contributed by atoms with van der Waals surface area (Å²) in [5.74, 6) is -0.0387. The number of nitrogens with one attached hydrogen (secondary N) is 1. The summed E-state index contributed by atoms with van der Waals surface area (Å²) in [6, 6.07) is 16.2. The molecule has 138 valence electrons. The van der Waals surface area contributed by atoms with Gasteiger partial charge in [0, 0.05) is 0 Å². The number of esters is 1. The number of hydrogen-bond donors (Lipinski definition) is 2. The molecule has 0 heterocycles. The number of ether oxygens (including phenoxy) is 1. The third-order valence-corrected chi connectivity index (χ3v) is 7.58. The van der Waals surface area contributed by atoms with Gasteiger partial charge in [-0.05, 0) is 0 Å². The Hall–Kier alpha value is -1.79. The van der Waals surface area contributed by atoms with Crippen molar-refractivity contribution in [3.8, 4) is 0 Å². The first-order chi connectivity index (χ1) is 12.6. The standard InChI is InChI=1S/C19H22N2O3SSe/c1-2-12-24-19(23)16(20)13-25-26-17-11-7-6-10-15(17)18(22)21-14-8-4-3-5-9-14/h3-11,16H,2,12-13,20H2,1H3,(H,21,22)/t16-/m0/s1. The van der Waals surface area contributed by atoms with E-state index in [1.165, 1.54) is 0 Å². The number of anilines is 1. The van der Waals surface area contributed by atoms with E-state index in [2.05, 4.69) is 5.32 Å². The van der Waals surface area contributed by atoms with E-state index in [0.717, 1.165) is 16.6 Å². The maximum atomic E-state index is 12.5. The molecule has 2 aromatic rings. The minimum absolute atomic E-state index is 0.0344. The fourth-order valence-electron chi connectivity index (χ4n) is 2.00. The van der Waals surface area contributed by atoms with E-state index in [1.54, 1.807) is 10.2 Å². The Bertz CT molecular complexity index is 728. The molecule has 0 aliphatic carbocycles. The van der Waals surface area contributed by atoms with Gasteiger partial charge >= 0.3 is 163 Å². The summed E-state index contributed by atoms with van der Waals surface area (Å²) in [7, 11) is 1.57. The van der Waals surface area contributed by atoms with E-state index in [4.69, 9.17) is 10.5 Å². The van der Waals surface area contributed by atoms with Crippen LogP contribution in [0.5, 0.6) is 0 Å². The zero-order valence-corrected chi connectivity index (χ0v) is 17.0. The molecule has 2 aromatic carbocycles. The molecule has 1 amide bonds. The zero-order chi connectivity index (χ0) is 18.8. The number of benzene rings is 2. The number of hydrogen-bond acceptors (Lipinski definition) is 5. The Balaban J connectivity index is 1.92. The van der Waals surface area contributed by atoms with Crippen LogP contribution in [0.25, 0.3) is 0 Å². The van der Waals surface area contributed by atoms with Gasteiger partial charge in [-0.1, -0.05) is 0 Å². The van der Waals surface area contributed by atoms with Crippen molar-refractivity contribution >= 4 is 46.0 Å². The summed E-state index contributed by atoms with van der Waals surface area (Å²) in [5, 5.41) is 2.90. The molecular weight excluding hydrogens is 415 g/mol. The summed E-state index contributed by atoms with van der Waals surface area (Å²) < 4.78 is 6.01. The summed E-state index contributed by atoms with van der Waals surface area (Å²) in [6.45, 7) is 2.33. The van der Waals surface area contributed by atoms with Crippen molar-refractivity contribution in [2.45, 2.75) is 19.4 Å². The third kappa shape index (κ3) is 6.50. The normalized spacial score (nSPS) is 11.6. The number of amides is 1. The van der Waals surface area contributed by atoms with Crippen LogP contribution in [0, 0.1) is 0 Å². The second kappa shape index (κ2) is 11.0. The van der Waals surface area contributed by atoms with Crippen LogP contribution in [0.15, 0.2) is 54.6 Å². The van der Waals surface area contributed by atoms with Gasteiger partial charge in [-0.2, -0.15) is 0 Å². The molecule has 1 atom stereocenters. The fourth-order valence-corrected chi connectivity index (χ4v) is 6.19. The van der Waals surface area contributed by atoms with Crippen molar-refractivity contribution in [1.29, 1.82) is 0 Å². The molecule has 0 aliphatic rings. The molecule has 5 nitrogen and oxygen atoms in total. The molecule has 0 aromatic heterocycles. The number of carbonyl (C=O) groups is 2. The molecular formula is C19H22N2O3SSe. The van der Waals surface area contributed by atoms with Gasteiger partial charge in [0.1, 0.15) is 0 Å². The Morgan fingerprint density at radius 1 is 1.15 bits per heavy atom. The van der Waals surface area contributed by atoms with Crippen molar-refractivity contribution in [2.24, 2.45) is 5.73 Å². The Labute approximate surface area is 163 Å². The molecule has 3 N–H and O–H groups in total. The van der Waals surface area contributed by atoms with Crippen LogP contribution in [-0.2, 0) is 9.53 Å². The summed E-state index contributed by atoms with van der Waals surface area (Å²) in [6.07, 6.45) is 0.777. The summed E-state index contributed by atoms with van der Waals surface area (Å²) in [5.41, 5.74) is 7.26. The van der Waals surface area contributed by atoms with E-state index in [1.807, 2.05) is 61.5 Å². The van der Waals surface area contributed by atoms with Crippen LogP contribution in [-0.4, -0.2) is 44.1 Å². The van der Waals surface area contributed by atoms with Gasteiger partial charge in [0.2, 0.25) is 0 Å². The molecule has 7 heteroatoms. The first-order valence-corrected chi connectivity index (χ1v) is 12.2. The predicted octanol–water partition coefficient (Wildman–Crippen LogP) is 2.20. The number of nitrogens with two attached hydrogens (primary N) is 1. The number of para-hydroxylation sites is 1. The molecule has 26 heavy (non-hydrogen) atoms. The van der Waals surface area contributed by atoms with Gasteiger partial charge < -0.3 is 0 Å². The van der Waals surface area contributed by atoms with Gasteiger partial charge in [-0.3, -0.25) is 0 Å². The fraction of sp³-hybridized carbons (Fsp3) is 0.263. The quantitative estimate of drug-likeness (QED) is 0.464. The van der Waals surface area contributed by atoms with Crippen molar-refractivity contribution in [3.63, 3.8) is 0 Å². The molecule has 0 spiro atoms. The van der Waals surface area contributed by atoms with E-state index in [-0.39, 0.29) is 25.7 Å². The van der Waals surface area contributed by atoms with Crippen molar-refractivity contribution < 1.29 is 14.3 Å². The Kier molecular flexibility index (Phi) is 8.71. The van der Waals surface area contributed by atoms with Gasteiger partial charge in [0.25, 0.3) is 0 Å². The topological polar surface area (TPSA) is 81.4 Å². The SMILES string of the molecule is CCCOC(=O)[C@@H](N)CS[Se]c1ccccc1C(=O)Nc1ccccc1. The van der Waals surface area contributed by atoms with Crippen LogP contribution in [0.4, 0.5) is 5.69 Å². The molecule has 0 radical (unpaired) electrons. The number of carbonyl (C=O) groups excluding carboxylic acids is 2. The average Bonchev–Trinajstić information content (AvgIpc) is 2.67. The van der Waals surface area contributed by atoms with E-state index >= 15 is 0 Å². The van der Waals surface area contributed by atoms with Crippen molar-refractivity contribution in [2.75, 3.05) is 17.7 Å². The predicted molar refractivity (Wildman–Crippen MR) is 108 cm³/mol. The molecule has 0 saturated heterocycles.